The second kappa shape index (κ2) is 3.57. The Morgan fingerprint density at radius 2 is 1.92 bits per heavy atom. The van der Waals surface area contributed by atoms with E-state index in [2.05, 4.69) is 6.07 Å². The molecule has 0 bridgehead atoms. The molecular formula is C9H16N2O. The fourth-order valence-electron chi connectivity index (χ4n) is 1.02. The van der Waals surface area contributed by atoms with Crippen molar-refractivity contribution in [1.82, 2.24) is 0 Å². The zero-order chi connectivity index (χ0) is 9.94. The van der Waals surface area contributed by atoms with Gasteiger partial charge in [0.1, 0.15) is 0 Å². The lowest BCUT2D eigenvalue weighted by molar-refractivity contribution is -0.124. The summed E-state index contributed by atoms with van der Waals surface area (Å²) >= 11 is 0. The molecule has 0 saturated heterocycles. The summed E-state index contributed by atoms with van der Waals surface area (Å²) in [6.45, 7) is 7.31. The van der Waals surface area contributed by atoms with Gasteiger partial charge >= 0.3 is 0 Å². The van der Waals surface area contributed by atoms with Crippen LogP contribution in [0.15, 0.2) is 0 Å². The Bertz CT molecular complexity index is 217. The van der Waals surface area contributed by atoms with Crippen molar-refractivity contribution in [2.24, 2.45) is 23.0 Å². The molecule has 2 N–H and O–H groups in total. The second-order valence-corrected chi connectivity index (χ2v) is 3.67. The Balaban J connectivity index is 4.79. The Labute approximate surface area is 73.6 Å². The van der Waals surface area contributed by atoms with E-state index in [1.165, 1.54) is 0 Å². The molecule has 0 aliphatic carbocycles. The van der Waals surface area contributed by atoms with E-state index in [1.54, 1.807) is 13.8 Å². The van der Waals surface area contributed by atoms with Crippen LogP contribution in [0.1, 0.15) is 27.7 Å². The van der Waals surface area contributed by atoms with Crippen molar-refractivity contribution in [2.75, 3.05) is 0 Å². The Morgan fingerprint density at radius 3 is 2.00 bits per heavy atom. The summed E-state index contributed by atoms with van der Waals surface area (Å²) in [5.41, 5.74) is 4.50. The number of carbonyl (C=O) groups is 1. The van der Waals surface area contributed by atoms with E-state index in [9.17, 15) is 4.79 Å². The molecule has 68 valence electrons. The number of nitriles is 1. The maximum atomic E-state index is 10.9. The molecule has 1 amide bonds. The first kappa shape index (κ1) is 11.0. The summed E-state index contributed by atoms with van der Waals surface area (Å²) < 4.78 is 0. The predicted octanol–water partition coefficient (Wildman–Crippen LogP) is 1.29. The van der Waals surface area contributed by atoms with Crippen LogP contribution in [0, 0.1) is 28.6 Å². The molecule has 3 nitrogen and oxygen atoms in total. The SMILES string of the molecule is CC(C)C(C)(C#N)C(C)C(N)=O. The van der Waals surface area contributed by atoms with E-state index in [4.69, 9.17) is 11.0 Å². The van der Waals surface area contributed by atoms with Crippen molar-refractivity contribution < 1.29 is 4.79 Å². The van der Waals surface area contributed by atoms with Crippen LogP contribution in [0.4, 0.5) is 0 Å². The lowest BCUT2D eigenvalue weighted by Gasteiger charge is -2.30. The zero-order valence-electron chi connectivity index (χ0n) is 8.09. The normalized spacial score (nSPS) is 18.0. The predicted molar refractivity (Wildman–Crippen MR) is 46.9 cm³/mol. The highest BCUT2D eigenvalue weighted by atomic mass is 16.1. The summed E-state index contributed by atoms with van der Waals surface area (Å²) in [4.78, 5) is 10.9. The average molecular weight is 168 g/mol. The van der Waals surface area contributed by atoms with Crippen molar-refractivity contribution in [3.8, 4) is 6.07 Å². The van der Waals surface area contributed by atoms with E-state index in [0.717, 1.165) is 0 Å². The summed E-state index contributed by atoms with van der Waals surface area (Å²) in [6.07, 6.45) is 0. The summed E-state index contributed by atoms with van der Waals surface area (Å²) in [5.74, 6) is -0.680. The average Bonchev–Trinajstić information content (AvgIpc) is 2.01. The van der Waals surface area contributed by atoms with Crippen LogP contribution < -0.4 is 5.73 Å². The number of nitrogens with zero attached hydrogens (tertiary/aromatic N) is 1. The fourth-order valence-corrected chi connectivity index (χ4v) is 1.02. The van der Waals surface area contributed by atoms with Gasteiger partial charge in [0.2, 0.25) is 5.91 Å². The molecule has 0 heterocycles. The van der Waals surface area contributed by atoms with Gasteiger partial charge in [-0.15, -0.1) is 0 Å². The van der Waals surface area contributed by atoms with Crippen LogP contribution in [0.5, 0.6) is 0 Å². The first-order valence-electron chi connectivity index (χ1n) is 4.06. The molecular weight excluding hydrogens is 152 g/mol. The third-order valence-electron chi connectivity index (χ3n) is 2.77. The molecule has 0 aromatic heterocycles. The van der Waals surface area contributed by atoms with Crippen LogP contribution in [-0.2, 0) is 4.79 Å². The van der Waals surface area contributed by atoms with Gasteiger partial charge in [-0.2, -0.15) is 5.26 Å². The largest absolute Gasteiger partial charge is 0.369 e. The van der Waals surface area contributed by atoms with Crippen molar-refractivity contribution in [3.63, 3.8) is 0 Å². The van der Waals surface area contributed by atoms with Gasteiger partial charge in [-0.05, 0) is 12.8 Å². The second-order valence-electron chi connectivity index (χ2n) is 3.67. The minimum absolute atomic E-state index is 0.130. The monoisotopic (exact) mass is 168 g/mol. The van der Waals surface area contributed by atoms with Gasteiger partial charge in [0.05, 0.1) is 17.4 Å². The van der Waals surface area contributed by atoms with Crippen LogP contribution >= 0.6 is 0 Å². The van der Waals surface area contributed by atoms with E-state index >= 15 is 0 Å². The standard InChI is InChI=1S/C9H16N2O/c1-6(2)9(4,5-10)7(3)8(11)12/h6-7H,1-4H3,(H2,11,12). The van der Waals surface area contributed by atoms with Crippen LogP contribution in [-0.4, -0.2) is 5.91 Å². The summed E-state index contributed by atoms with van der Waals surface area (Å²) in [7, 11) is 0. The lowest BCUT2D eigenvalue weighted by atomic mass is 9.71. The van der Waals surface area contributed by atoms with Crippen LogP contribution in [0.3, 0.4) is 0 Å². The van der Waals surface area contributed by atoms with Gasteiger partial charge in [-0.25, -0.2) is 0 Å². The number of primary amides is 1. The van der Waals surface area contributed by atoms with E-state index in [1.807, 2.05) is 13.8 Å². The number of hydrogen-bond donors (Lipinski definition) is 1. The summed E-state index contributed by atoms with van der Waals surface area (Å²) in [6, 6.07) is 2.16. The molecule has 3 heteroatoms. The number of hydrogen-bond acceptors (Lipinski definition) is 2. The van der Waals surface area contributed by atoms with Crippen LogP contribution in [0.25, 0.3) is 0 Å². The van der Waals surface area contributed by atoms with Gasteiger partial charge in [0.25, 0.3) is 0 Å². The molecule has 2 unspecified atom stereocenters. The molecule has 0 aliphatic heterocycles. The van der Waals surface area contributed by atoms with Crippen molar-refractivity contribution in [1.29, 1.82) is 5.26 Å². The Morgan fingerprint density at radius 1 is 1.50 bits per heavy atom. The molecule has 0 fully saturated rings. The van der Waals surface area contributed by atoms with Gasteiger partial charge in [0.15, 0.2) is 0 Å². The van der Waals surface area contributed by atoms with Crippen LogP contribution in [0.2, 0.25) is 0 Å². The summed E-state index contributed by atoms with van der Waals surface area (Å²) in [5, 5.41) is 8.92. The number of carbonyl (C=O) groups excluding carboxylic acids is 1. The van der Waals surface area contributed by atoms with E-state index in [-0.39, 0.29) is 5.92 Å². The van der Waals surface area contributed by atoms with E-state index in [0.29, 0.717) is 0 Å². The van der Waals surface area contributed by atoms with Gasteiger partial charge in [-0.3, -0.25) is 4.79 Å². The number of nitrogens with two attached hydrogens (primary N) is 1. The fraction of sp³-hybridized carbons (Fsp3) is 0.778. The lowest BCUT2D eigenvalue weighted by Crippen LogP contribution is -2.38. The van der Waals surface area contributed by atoms with Crippen molar-refractivity contribution in [2.45, 2.75) is 27.7 Å². The maximum Gasteiger partial charge on any atom is 0.221 e. The van der Waals surface area contributed by atoms with Gasteiger partial charge < -0.3 is 5.73 Å². The van der Waals surface area contributed by atoms with E-state index < -0.39 is 17.2 Å². The first-order chi connectivity index (χ1) is 5.36. The molecule has 0 aromatic rings. The highest BCUT2D eigenvalue weighted by molar-refractivity contribution is 5.77. The molecule has 0 radical (unpaired) electrons. The molecule has 2 atom stereocenters. The smallest absolute Gasteiger partial charge is 0.221 e. The molecule has 0 aliphatic rings. The maximum absolute atomic E-state index is 10.9. The van der Waals surface area contributed by atoms with Gasteiger partial charge in [0, 0.05) is 0 Å². The highest BCUT2D eigenvalue weighted by Gasteiger charge is 2.37. The zero-order valence-corrected chi connectivity index (χ0v) is 8.09. The number of rotatable bonds is 3. The highest BCUT2D eigenvalue weighted by Crippen LogP contribution is 2.34. The van der Waals surface area contributed by atoms with Crippen molar-refractivity contribution >= 4 is 5.91 Å². The number of amides is 1. The minimum Gasteiger partial charge on any atom is -0.369 e. The van der Waals surface area contributed by atoms with Gasteiger partial charge in [-0.1, -0.05) is 20.8 Å². The molecule has 0 spiro atoms. The third-order valence-corrected chi connectivity index (χ3v) is 2.77. The molecule has 12 heavy (non-hydrogen) atoms. The quantitative estimate of drug-likeness (QED) is 0.690. The molecule has 0 aromatic carbocycles. The first-order valence-corrected chi connectivity index (χ1v) is 4.06. The van der Waals surface area contributed by atoms with Crippen molar-refractivity contribution in [3.05, 3.63) is 0 Å². The Hall–Kier alpha value is -1.04. The molecule has 0 saturated carbocycles. The third kappa shape index (κ3) is 1.76. The topological polar surface area (TPSA) is 66.9 Å². The minimum atomic E-state index is -0.647. The Kier molecular flexibility index (Phi) is 3.26. The molecule has 0 rings (SSSR count).